The minimum absolute atomic E-state index is 0.0894. The van der Waals surface area contributed by atoms with Crippen LogP contribution in [0.5, 0.6) is 17.2 Å². The Kier molecular flexibility index (Phi) is 9.98. The highest BCUT2D eigenvalue weighted by Gasteiger charge is 2.21. The summed E-state index contributed by atoms with van der Waals surface area (Å²) in [4.78, 5) is 33.3. The Morgan fingerprint density at radius 1 is 1.06 bits per heavy atom. The van der Waals surface area contributed by atoms with Gasteiger partial charge < -0.3 is 38.5 Å². The van der Waals surface area contributed by atoms with E-state index in [-0.39, 0.29) is 17.2 Å². The summed E-state index contributed by atoms with van der Waals surface area (Å²) in [6.45, 7) is 4.51. The molecule has 3 N–H and O–H groups in total. The molecule has 0 radical (unpaired) electrons. The van der Waals surface area contributed by atoms with Gasteiger partial charge in [-0.15, -0.1) is 0 Å². The van der Waals surface area contributed by atoms with E-state index in [0.29, 0.717) is 36.0 Å². The lowest BCUT2D eigenvalue weighted by Crippen LogP contribution is -2.38. The molecule has 1 saturated heterocycles. The van der Waals surface area contributed by atoms with Crippen LogP contribution in [0.3, 0.4) is 0 Å². The molecule has 1 aliphatic heterocycles. The predicted molar refractivity (Wildman–Crippen MR) is 185 cm³/mol. The number of anilines is 2. The van der Waals surface area contributed by atoms with E-state index in [1.54, 1.807) is 41.9 Å². The minimum atomic E-state index is -0.979. The van der Waals surface area contributed by atoms with E-state index in [0.717, 1.165) is 59.7 Å². The Morgan fingerprint density at radius 3 is 2.66 bits per heavy atom. The van der Waals surface area contributed by atoms with Gasteiger partial charge in [0.2, 0.25) is 0 Å². The summed E-state index contributed by atoms with van der Waals surface area (Å²) in [7, 11) is 1.75. The number of carboxylic acid groups (broad SMARTS) is 1. The zero-order chi connectivity index (χ0) is 32.8. The standard InChI is InChI=1S/C35H37N5O6S/c1-3-47-38-24-8-9-31(29(19-24)30-22-39(2)34(41)33-28(30)11-14-36-33)46-27-6-4-5-26(20-27)45-18-17-44-25-12-15-40(16-13-25)32-10-7-23(21-37-32)35(42)43/h4-11,14,19-22,25,36,38H,3,12-13,15-18H2,1-2H3,(H,42,43). The zero-order valence-electron chi connectivity index (χ0n) is 26.3. The summed E-state index contributed by atoms with van der Waals surface area (Å²) in [6, 6.07) is 18.7. The fourth-order valence-corrected chi connectivity index (χ4v) is 6.05. The summed E-state index contributed by atoms with van der Waals surface area (Å²) >= 11 is 1.61. The summed E-state index contributed by atoms with van der Waals surface area (Å²) < 4.78 is 23.5. The molecule has 1 aliphatic rings. The third-order valence-corrected chi connectivity index (χ3v) is 8.67. The molecule has 11 nitrogen and oxygen atoms in total. The number of aromatic amines is 1. The maximum absolute atomic E-state index is 12.7. The fraction of sp³-hybridized carbons (Fsp3) is 0.286. The number of benzene rings is 2. The molecule has 0 unspecified atom stereocenters. The first-order chi connectivity index (χ1) is 22.9. The first-order valence-corrected chi connectivity index (χ1v) is 16.5. The number of pyridine rings is 2. The summed E-state index contributed by atoms with van der Waals surface area (Å²) in [6.07, 6.45) is 6.84. The second kappa shape index (κ2) is 14.7. The van der Waals surface area contributed by atoms with Gasteiger partial charge in [0.1, 0.15) is 35.2 Å². The Bertz CT molecular complexity index is 1900. The first kappa shape index (κ1) is 32.0. The average molecular weight is 656 g/mol. The van der Waals surface area contributed by atoms with Gasteiger partial charge in [-0.25, -0.2) is 9.78 Å². The second-order valence-electron chi connectivity index (χ2n) is 11.2. The number of nitrogens with one attached hydrogen (secondary N) is 2. The second-order valence-corrected chi connectivity index (χ2v) is 12.2. The number of aryl methyl sites for hydroxylation is 1. The molecule has 4 heterocycles. The minimum Gasteiger partial charge on any atom is -0.491 e. The number of hydrogen-bond acceptors (Lipinski definition) is 9. The maximum atomic E-state index is 12.7. The van der Waals surface area contributed by atoms with Crippen LogP contribution in [0.1, 0.15) is 30.1 Å². The van der Waals surface area contributed by atoms with Crippen molar-refractivity contribution < 1.29 is 24.1 Å². The van der Waals surface area contributed by atoms with Crippen LogP contribution in [0.2, 0.25) is 0 Å². The van der Waals surface area contributed by atoms with E-state index in [1.165, 1.54) is 6.20 Å². The summed E-state index contributed by atoms with van der Waals surface area (Å²) in [5, 5.41) is 9.91. The smallest absolute Gasteiger partial charge is 0.337 e. The molecular formula is C35H37N5O6S. The normalized spacial score (nSPS) is 13.5. The van der Waals surface area contributed by atoms with E-state index < -0.39 is 5.97 Å². The molecule has 47 heavy (non-hydrogen) atoms. The van der Waals surface area contributed by atoms with E-state index in [2.05, 4.69) is 26.5 Å². The molecular weight excluding hydrogens is 618 g/mol. The van der Waals surface area contributed by atoms with Gasteiger partial charge in [0.15, 0.2) is 0 Å². The van der Waals surface area contributed by atoms with Gasteiger partial charge in [-0.2, -0.15) is 0 Å². The molecule has 244 valence electrons. The first-order valence-electron chi connectivity index (χ1n) is 15.5. The van der Waals surface area contributed by atoms with Crippen LogP contribution in [0.15, 0.2) is 84.0 Å². The van der Waals surface area contributed by atoms with Crippen LogP contribution in [-0.4, -0.2) is 63.8 Å². The van der Waals surface area contributed by atoms with Crippen molar-refractivity contribution in [1.82, 2.24) is 14.5 Å². The molecule has 1 fully saturated rings. The number of aromatic carboxylic acids is 1. The number of aromatic nitrogens is 3. The van der Waals surface area contributed by atoms with Crippen molar-refractivity contribution in [2.45, 2.75) is 25.9 Å². The van der Waals surface area contributed by atoms with Crippen LogP contribution in [0.4, 0.5) is 11.5 Å². The van der Waals surface area contributed by atoms with E-state index in [4.69, 9.17) is 19.3 Å². The number of H-pyrrole nitrogens is 1. The topological polar surface area (TPSA) is 131 Å². The molecule has 6 rings (SSSR count). The molecule has 3 aromatic heterocycles. The number of ether oxygens (including phenoxy) is 3. The molecule has 0 saturated carbocycles. The number of fused-ring (bicyclic) bond motifs is 1. The molecule has 2 aromatic carbocycles. The van der Waals surface area contributed by atoms with Crippen LogP contribution in [-0.2, 0) is 11.8 Å². The number of piperidine rings is 1. The van der Waals surface area contributed by atoms with Crippen molar-refractivity contribution in [1.29, 1.82) is 0 Å². The van der Waals surface area contributed by atoms with Crippen molar-refractivity contribution in [3.63, 3.8) is 0 Å². The van der Waals surface area contributed by atoms with E-state index >= 15 is 0 Å². The van der Waals surface area contributed by atoms with Gasteiger partial charge in [0, 0.05) is 72.7 Å². The van der Waals surface area contributed by atoms with Crippen molar-refractivity contribution in [2.75, 3.05) is 41.7 Å². The highest BCUT2D eigenvalue weighted by atomic mass is 32.2. The molecule has 0 aliphatic carbocycles. The summed E-state index contributed by atoms with van der Waals surface area (Å²) in [5.74, 6) is 2.66. The number of carboxylic acids is 1. The SMILES string of the molecule is CCSNc1ccc(Oc2cccc(OCCOC3CCN(c4ccc(C(=O)O)cn4)CC3)c2)c(-c2cn(C)c(=O)c3[nH]ccc23)c1. The maximum Gasteiger partial charge on any atom is 0.337 e. The van der Waals surface area contributed by atoms with Gasteiger partial charge in [-0.05, 0) is 61.4 Å². The molecule has 0 atom stereocenters. The number of rotatable bonds is 13. The van der Waals surface area contributed by atoms with Crippen molar-refractivity contribution in [3.8, 4) is 28.4 Å². The molecule has 12 heteroatoms. The van der Waals surface area contributed by atoms with Gasteiger partial charge in [0.25, 0.3) is 5.56 Å². The highest BCUT2D eigenvalue weighted by Crippen LogP contribution is 2.39. The van der Waals surface area contributed by atoms with Gasteiger partial charge in [-0.1, -0.05) is 24.9 Å². The number of carbonyl (C=O) groups is 1. The fourth-order valence-electron chi connectivity index (χ4n) is 5.61. The van der Waals surface area contributed by atoms with Crippen LogP contribution < -0.4 is 24.7 Å². The lowest BCUT2D eigenvalue weighted by Gasteiger charge is -2.32. The van der Waals surface area contributed by atoms with Crippen molar-refractivity contribution in [3.05, 3.63) is 95.2 Å². The zero-order valence-corrected chi connectivity index (χ0v) is 27.1. The average Bonchev–Trinajstić information content (AvgIpc) is 3.59. The Morgan fingerprint density at radius 2 is 1.89 bits per heavy atom. The number of nitrogens with zero attached hydrogens (tertiary/aromatic N) is 3. The van der Waals surface area contributed by atoms with Crippen molar-refractivity contribution in [2.24, 2.45) is 7.05 Å². The van der Waals surface area contributed by atoms with Gasteiger partial charge >= 0.3 is 5.97 Å². The predicted octanol–water partition coefficient (Wildman–Crippen LogP) is 6.56. The van der Waals surface area contributed by atoms with E-state index in [9.17, 15) is 9.59 Å². The third kappa shape index (κ3) is 7.55. The molecule has 0 spiro atoms. The van der Waals surface area contributed by atoms with Gasteiger partial charge in [0.05, 0.1) is 18.3 Å². The van der Waals surface area contributed by atoms with Gasteiger partial charge in [-0.3, -0.25) is 4.79 Å². The van der Waals surface area contributed by atoms with Crippen LogP contribution in [0, 0.1) is 0 Å². The molecule has 0 amide bonds. The lowest BCUT2D eigenvalue weighted by atomic mass is 10.0. The summed E-state index contributed by atoms with van der Waals surface area (Å²) in [5.41, 5.74) is 3.31. The Labute approximate surface area is 276 Å². The van der Waals surface area contributed by atoms with Crippen LogP contribution >= 0.6 is 11.9 Å². The van der Waals surface area contributed by atoms with E-state index in [1.807, 2.05) is 54.7 Å². The van der Waals surface area contributed by atoms with Crippen molar-refractivity contribution >= 4 is 40.3 Å². The largest absolute Gasteiger partial charge is 0.491 e. The molecule has 0 bridgehead atoms. The lowest BCUT2D eigenvalue weighted by molar-refractivity contribution is 0.0202. The Balaban J connectivity index is 1.07. The quantitative estimate of drug-likeness (QED) is 0.0947. The molecule has 5 aromatic rings. The monoisotopic (exact) mass is 655 g/mol. The highest BCUT2D eigenvalue weighted by molar-refractivity contribution is 8.00. The Hall–Kier alpha value is -4.94. The number of hydrogen-bond donors (Lipinski definition) is 3. The third-order valence-electron chi connectivity index (χ3n) is 8.00. The van der Waals surface area contributed by atoms with Crippen LogP contribution in [0.25, 0.3) is 22.0 Å².